The molecule has 0 radical (unpaired) electrons. The molecule has 1 aliphatic rings. The van der Waals surface area contributed by atoms with Gasteiger partial charge >= 0.3 is 6.18 Å². The normalized spacial score (nSPS) is 17.3. The van der Waals surface area contributed by atoms with Gasteiger partial charge in [0, 0.05) is 31.9 Å². The Morgan fingerprint density at radius 1 is 1.06 bits per heavy atom. The van der Waals surface area contributed by atoms with Crippen LogP contribution in [0.2, 0.25) is 0 Å². The van der Waals surface area contributed by atoms with E-state index in [-0.39, 0.29) is 0 Å². The second kappa shape index (κ2) is 4.52. The quantitative estimate of drug-likeness (QED) is 0.766. The Balaban J connectivity index is 2.31. The van der Waals surface area contributed by atoms with Crippen LogP contribution in [0.15, 0.2) is 18.2 Å². The van der Waals surface area contributed by atoms with Gasteiger partial charge in [0.05, 0.1) is 5.56 Å². The van der Waals surface area contributed by atoms with Crippen molar-refractivity contribution in [3.05, 3.63) is 29.6 Å². The highest BCUT2D eigenvalue weighted by Gasteiger charge is 2.31. The van der Waals surface area contributed by atoms with Crippen molar-refractivity contribution in [2.24, 2.45) is 0 Å². The van der Waals surface area contributed by atoms with E-state index in [4.69, 9.17) is 0 Å². The highest BCUT2D eigenvalue weighted by Crippen LogP contribution is 2.32. The molecule has 1 heterocycles. The molecule has 0 unspecified atom stereocenters. The lowest BCUT2D eigenvalue weighted by molar-refractivity contribution is -0.137. The predicted octanol–water partition coefficient (Wildman–Crippen LogP) is 2.25. The lowest BCUT2D eigenvalue weighted by atomic mass is 10.1. The van der Waals surface area contributed by atoms with Crippen molar-refractivity contribution < 1.29 is 17.6 Å². The summed E-state index contributed by atoms with van der Waals surface area (Å²) >= 11 is 0. The van der Waals surface area contributed by atoms with E-state index in [9.17, 15) is 17.6 Å². The number of hydrogen-bond donors (Lipinski definition) is 1. The van der Waals surface area contributed by atoms with Crippen LogP contribution in [0.1, 0.15) is 5.56 Å². The Morgan fingerprint density at radius 3 is 2.29 bits per heavy atom. The summed E-state index contributed by atoms with van der Waals surface area (Å²) in [5, 5.41) is 3.09. The third-order valence-corrected chi connectivity index (χ3v) is 2.69. The number of alkyl halides is 3. The molecule has 0 saturated carbocycles. The largest absolute Gasteiger partial charge is 0.416 e. The fraction of sp³-hybridized carbons (Fsp3) is 0.455. The number of piperazine rings is 1. The molecule has 94 valence electrons. The standard InChI is InChI=1S/C11H12F4N2/c12-9-5-8(11(13,14)15)6-10(7-9)17-3-1-16-2-4-17/h5-7,16H,1-4H2/i12-1. The molecule has 6 heteroatoms. The average molecular weight is 247 g/mol. The number of nitrogens with zero attached hydrogens (tertiary/aromatic N) is 1. The maximum absolute atomic E-state index is 13.2. The topological polar surface area (TPSA) is 15.3 Å². The molecular formula is C11H12F4N2. The summed E-state index contributed by atoms with van der Waals surface area (Å²) < 4.78 is 50.7. The Labute approximate surface area is 96.2 Å². The highest BCUT2D eigenvalue weighted by atomic mass is 19.4. The molecule has 1 saturated heterocycles. The van der Waals surface area contributed by atoms with E-state index in [1.807, 2.05) is 0 Å². The molecular weight excluding hydrogens is 235 g/mol. The van der Waals surface area contributed by atoms with E-state index >= 15 is 0 Å². The summed E-state index contributed by atoms with van der Waals surface area (Å²) in [6.07, 6.45) is -4.51. The van der Waals surface area contributed by atoms with E-state index in [0.717, 1.165) is 12.1 Å². The van der Waals surface area contributed by atoms with Gasteiger partial charge in [-0.15, -0.1) is 0 Å². The molecule has 1 fully saturated rings. The van der Waals surface area contributed by atoms with E-state index in [0.29, 0.717) is 37.9 Å². The van der Waals surface area contributed by atoms with Gasteiger partial charge in [0.25, 0.3) is 0 Å². The Morgan fingerprint density at radius 2 is 1.71 bits per heavy atom. The van der Waals surface area contributed by atoms with Gasteiger partial charge in [-0.3, -0.25) is 0 Å². The van der Waals surface area contributed by atoms with Crippen molar-refractivity contribution >= 4 is 5.69 Å². The molecule has 2 rings (SSSR count). The number of benzene rings is 1. The molecule has 0 amide bonds. The van der Waals surface area contributed by atoms with E-state index in [2.05, 4.69) is 5.32 Å². The van der Waals surface area contributed by atoms with Gasteiger partial charge < -0.3 is 10.2 Å². The maximum atomic E-state index is 13.2. The van der Waals surface area contributed by atoms with E-state index in [1.54, 1.807) is 4.90 Å². The molecule has 0 atom stereocenters. The summed E-state index contributed by atoms with van der Waals surface area (Å²) in [4.78, 5) is 1.74. The van der Waals surface area contributed by atoms with Gasteiger partial charge in [-0.1, -0.05) is 0 Å². The Hall–Kier alpha value is -1.30. The minimum absolute atomic E-state index is 0.291. The van der Waals surface area contributed by atoms with Crippen LogP contribution in [-0.2, 0) is 6.18 Å². The molecule has 1 aromatic rings. The first-order valence-corrected chi connectivity index (χ1v) is 5.30. The van der Waals surface area contributed by atoms with Crippen LogP contribution in [0.4, 0.5) is 23.2 Å². The molecule has 1 aliphatic heterocycles. The van der Waals surface area contributed by atoms with Gasteiger partial charge in [0.1, 0.15) is 5.82 Å². The molecule has 0 spiro atoms. The molecule has 0 bridgehead atoms. The average Bonchev–Trinajstić information content (AvgIpc) is 2.28. The van der Waals surface area contributed by atoms with Gasteiger partial charge in [0.15, 0.2) is 0 Å². The fourth-order valence-corrected chi connectivity index (χ4v) is 1.84. The van der Waals surface area contributed by atoms with Gasteiger partial charge in [-0.25, -0.2) is 4.39 Å². The van der Waals surface area contributed by atoms with Crippen molar-refractivity contribution in [3.8, 4) is 0 Å². The molecule has 2 nitrogen and oxygen atoms in total. The first-order chi connectivity index (χ1) is 7.97. The second-order valence-electron chi connectivity index (χ2n) is 3.93. The van der Waals surface area contributed by atoms with Crippen LogP contribution in [0.25, 0.3) is 0 Å². The van der Waals surface area contributed by atoms with Gasteiger partial charge in [-0.05, 0) is 18.2 Å². The Bertz CT molecular complexity index is 397. The molecule has 0 aromatic heterocycles. The molecule has 1 N–H and O–H groups in total. The van der Waals surface area contributed by atoms with Crippen LogP contribution >= 0.6 is 0 Å². The third-order valence-electron chi connectivity index (χ3n) is 2.69. The van der Waals surface area contributed by atoms with Gasteiger partial charge in [-0.2, -0.15) is 13.2 Å². The molecule has 17 heavy (non-hydrogen) atoms. The molecule has 0 aliphatic carbocycles. The predicted molar refractivity (Wildman–Crippen MR) is 56.5 cm³/mol. The zero-order valence-corrected chi connectivity index (χ0v) is 9.02. The van der Waals surface area contributed by atoms with Crippen LogP contribution in [0.5, 0.6) is 0 Å². The van der Waals surface area contributed by atoms with Crippen LogP contribution < -0.4 is 10.2 Å². The minimum Gasteiger partial charge on any atom is -0.369 e. The number of rotatable bonds is 1. The smallest absolute Gasteiger partial charge is 0.369 e. The SMILES string of the molecule is FC(F)(F)c1cc([18F])cc(N2CCNCC2)c1. The summed E-state index contributed by atoms with van der Waals surface area (Å²) in [7, 11) is 0. The molecule has 1 aromatic carbocycles. The van der Waals surface area contributed by atoms with Crippen molar-refractivity contribution in [1.29, 1.82) is 0 Å². The maximum Gasteiger partial charge on any atom is 0.416 e. The number of nitrogens with one attached hydrogen (secondary N) is 1. The number of anilines is 1. The van der Waals surface area contributed by atoms with Crippen molar-refractivity contribution in [1.82, 2.24) is 5.32 Å². The number of hydrogen-bond acceptors (Lipinski definition) is 2. The first kappa shape index (κ1) is 12.2. The third kappa shape index (κ3) is 2.88. The van der Waals surface area contributed by atoms with Crippen LogP contribution in [-0.4, -0.2) is 26.2 Å². The van der Waals surface area contributed by atoms with Crippen LogP contribution in [0, 0.1) is 5.82 Å². The number of halogens is 4. The van der Waals surface area contributed by atoms with E-state index < -0.39 is 17.6 Å². The summed E-state index contributed by atoms with van der Waals surface area (Å²) in [6.45, 7) is 2.55. The summed E-state index contributed by atoms with van der Waals surface area (Å²) in [5.74, 6) is -0.853. The lowest BCUT2D eigenvalue weighted by Gasteiger charge is -2.29. The van der Waals surface area contributed by atoms with E-state index in [1.165, 1.54) is 0 Å². The fourth-order valence-electron chi connectivity index (χ4n) is 1.84. The summed E-state index contributed by atoms with van der Waals surface area (Å²) in [5.41, 5.74) is -0.648. The van der Waals surface area contributed by atoms with Gasteiger partial charge in [0.2, 0.25) is 0 Å². The monoisotopic (exact) mass is 247 g/mol. The second-order valence-corrected chi connectivity index (χ2v) is 3.93. The zero-order valence-electron chi connectivity index (χ0n) is 9.02. The Kier molecular flexibility index (Phi) is 3.24. The first-order valence-electron chi connectivity index (χ1n) is 5.30. The highest BCUT2D eigenvalue weighted by molar-refractivity contribution is 5.50. The van der Waals surface area contributed by atoms with Crippen LogP contribution in [0.3, 0.4) is 0 Å². The van der Waals surface area contributed by atoms with Crippen molar-refractivity contribution in [3.63, 3.8) is 0 Å². The minimum atomic E-state index is -4.51. The summed E-state index contributed by atoms with van der Waals surface area (Å²) in [6, 6.07) is 2.65. The lowest BCUT2D eigenvalue weighted by Crippen LogP contribution is -2.43. The zero-order chi connectivity index (χ0) is 12.5. The van der Waals surface area contributed by atoms with Crippen molar-refractivity contribution in [2.75, 3.05) is 31.1 Å². The van der Waals surface area contributed by atoms with Crippen molar-refractivity contribution in [2.45, 2.75) is 6.18 Å².